The average Bonchev–Trinajstić information content (AvgIpc) is 2.29. The topological polar surface area (TPSA) is 29.1 Å². The molecule has 0 fully saturated rings. The highest BCUT2D eigenvalue weighted by molar-refractivity contribution is 5.75. The van der Waals surface area contributed by atoms with Gasteiger partial charge in [-0.2, -0.15) is 0 Å². The molecule has 0 aliphatic rings. The fourth-order valence-corrected chi connectivity index (χ4v) is 1.81. The predicted molar refractivity (Wildman–Crippen MR) is 75.0 cm³/mol. The summed E-state index contributed by atoms with van der Waals surface area (Å²) in [6.07, 6.45) is 7.74. The normalized spacial score (nSPS) is 12.8. The Kier molecular flexibility index (Phi) is 10.3. The van der Waals surface area contributed by atoms with Crippen molar-refractivity contribution in [2.24, 2.45) is 11.8 Å². The zero-order valence-electron chi connectivity index (χ0n) is 12.2. The van der Waals surface area contributed by atoms with E-state index in [0.29, 0.717) is 6.42 Å². The molecule has 0 saturated carbocycles. The van der Waals surface area contributed by atoms with Crippen LogP contribution in [0.3, 0.4) is 0 Å². The van der Waals surface area contributed by atoms with Crippen molar-refractivity contribution >= 4 is 5.91 Å². The summed E-state index contributed by atoms with van der Waals surface area (Å²) in [6, 6.07) is 0. The van der Waals surface area contributed by atoms with Crippen LogP contribution in [-0.2, 0) is 4.79 Å². The maximum Gasteiger partial charge on any atom is 0.219 e. The van der Waals surface area contributed by atoms with Gasteiger partial charge in [-0.15, -0.1) is 0 Å². The third-order valence-electron chi connectivity index (χ3n) is 3.33. The highest BCUT2D eigenvalue weighted by Gasteiger charge is 2.02. The van der Waals surface area contributed by atoms with Gasteiger partial charge in [0.1, 0.15) is 0 Å². The number of rotatable bonds is 10. The van der Waals surface area contributed by atoms with Gasteiger partial charge in [0.25, 0.3) is 0 Å². The van der Waals surface area contributed by atoms with Crippen molar-refractivity contribution in [2.75, 3.05) is 6.54 Å². The van der Waals surface area contributed by atoms with Crippen LogP contribution in [0.25, 0.3) is 0 Å². The van der Waals surface area contributed by atoms with Gasteiger partial charge >= 0.3 is 0 Å². The molecule has 1 amide bonds. The Hall–Kier alpha value is -0.530. The number of carbonyl (C=O) groups is 1. The summed E-state index contributed by atoms with van der Waals surface area (Å²) >= 11 is 0. The third kappa shape index (κ3) is 11.7. The van der Waals surface area contributed by atoms with Gasteiger partial charge in [-0.3, -0.25) is 4.79 Å². The van der Waals surface area contributed by atoms with E-state index in [1.165, 1.54) is 25.7 Å². The van der Waals surface area contributed by atoms with Crippen molar-refractivity contribution < 1.29 is 4.79 Å². The van der Waals surface area contributed by atoms with Gasteiger partial charge in [0.2, 0.25) is 5.91 Å². The van der Waals surface area contributed by atoms with Gasteiger partial charge in [0, 0.05) is 13.0 Å². The van der Waals surface area contributed by atoms with Crippen LogP contribution in [0.5, 0.6) is 0 Å². The summed E-state index contributed by atoms with van der Waals surface area (Å²) in [5.41, 5.74) is 0. The first-order chi connectivity index (χ1) is 8.06. The standard InChI is InChI=1S/C15H31NO/c1-5-14(4)10-8-12-16-15(17)11-7-6-9-13(2)3/h13-14H,5-12H2,1-4H3,(H,16,17). The Labute approximate surface area is 108 Å². The van der Waals surface area contributed by atoms with E-state index >= 15 is 0 Å². The van der Waals surface area contributed by atoms with Crippen LogP contribution < -0.4 is 5.32 Å². The van der Waals surface area contributed by atoms with Crippen molar-refractivity contribution in [1.82, 2.24) is 5.32 Å². The van der Waals surface area contributed by atoms with Crippen molar-refractivity contribution in [3.63, 3.8) is 0 Å². The first-order valence-corrected chi connectivity index (χ1v) is 7.33. The van der Waals surface area contributed by atoms with Crippen LogP contribution in [0.2, 0.25) is 0 Å². The minimum absolute atomic E-state index is 0.234. The van der Waals surface area contributed by atoms with E-state index in [-0.39, 0.29) is 5.91 Å². The molecule has 0 rings (SSSR count). The molecule has 1 unspecified atom stereocenters. The molecule has 0 aliphatic carbocycles. The van der Waals surface area contributed by atoms with Crippen LogP contribution in [0, 0.1) is 11.8 Å². The Morgan fingerprint density at radius 3 is 2.35 bits per heavy atom. The molecule has 17 heavy (non-hydrogen) atoms. The van der Waals surface area contributed by atoms with Crippen molar-refractivity contribution in [2.45, 2.75) is 72.6 Å². The fraction of sp³-hybridized carbons (Fsp3) is 0.933. The quantitative estimate of drug-likeness (QED) is 0.572. The van der Waals surface area contributed by atoms with Crippen LogP contribution in [-0.4, -0.2) is 12.5 Å². The molecule has 2 heteroatoms. The maximum absolute atomic E-state index is 11.5. The van der Waals surface area contributed by atoms with Gasteiger partial charge in [0.15, 0.2) is 0 Å². The molecule has 0 bridgehead atoms. The van der Waals surface area contributed by atoms with E-state index in [4.69, 9.17) is 0 Å². The minimum atomic E-state index is 0.234. The zero-order chi connectivity index (χ0) is 13.1. The Bertz CT molecular complexity index is 189. The number of hydrogen-bond acceptors (Lipinski definition) is 1. The lowest BCUT2D eigenvalue weighted by Gasteiger charge is -2.09. The molecule has 102 valence electrons. The maximum atomic E-state index is 11.5. The monoisotopic (exact) mass is 241 g/mol. The Balaban J connectivity index is 3.29. The van der Waals surface area contributed by atoms with Crippen LogP contribution in [0.15, 0.2) is 0 Å². The molecule has 1 N–H and O–H groups in total. The second-order valence-corrected chi connectivity index (χ2v) is 5.65. The highest BCUT2D eigenvalue weighted by atomic mass is 16.1. The molecule has 0 aromatic carbocycles. The van der Waals surface area contributed by atoms with E-state index in [0.717, 1.165) is 31.2 Å². The lowest BCUT2D eigenvalue weighted by molar-refractivity contribution is -0.121. The lowest BCUT2D eigenvalue weighted by atomic mass is 10.0. The van der Waals surface area contributed by atoms with Gasteiger partial charge in [0.05, 0.1) is 0 Å². The zero-order valence-corrected chi connectivity index (χ0v) is 12.2. The summed E-state index contributed by atoms with van der Waals surface area (Å²) in [5.74, 6) is 1.78. The lowest BCUT2D eigenvalue weighted by Crippen LogP contribution is -2.24. The molecule has 0 aliphatic heterocycles. The van der Waals surface area contributed by atoms with Crippen LogP contribution in [0.4, 0.5) is 0 Å². The van der Waals surface area contributed by atoms with Crippen LogP contribution >= 0.6 is 0 Å². The van der Waals surface area contributed by atoms with E-state index in [1.54, 1.807) is 0 Å². The highest BCUT2D eigenvalue weighted by Crippen LogP contribution is 2.09. The first kappa shape index (κ1) is 16.5. The molecule has 0 heterocycles. The van der Waals surface area contributed by atoms with E-state index in [1.807, 2.05) is 0 Å². The number of amides is 1. The predicted octanol–water partition coefficient (Wildman–Crippen LogP) is 4.15. The van der Waals surface area contributed by atoms with Gasteiger partial charge in [-0.1, -0.05) is 47.0 Å². The number of nitrogens with one attached hydrogen (secondary N) is 1. The Morgan fingerprint density at radius 1 is 1.06 bits per heavy atom. The summed E-state index contributed by atoms with van der Waals surface area (Å²) in [4.78, 5) is 11.5. The smallest absolute Gasteiger partial charge is 0.219 e. The molecular formula is C15H31NO. The summed E-state index contributed by atoms with van der Waals surface area (Å²) in [5, 5.41) is 3.01. The van der Waals surface area contributed by atoms with Gasteiger partial charge < -0.3 is 5.32 Å². The van der Waals surface area contributed by atoms with Crippen molar-refractivity contribution in [3.8, 4) is 0 Å². The molecular weight excluding hydrogens is 210 g/mol. The first-order valence-electron chi connectivity index (χ1n) is 7.33. The molecule has 1 atom stereocenters. The number of hydrogen-bond donors (Lipinski definition) is 1. The van der Waals surface area contributed by atoms with Crippen molar-refractivity contribution in [3.05, 3.63) is 0 Å². The second-order valence-electron chi connectivity index (χ2n) is 5.65. The molecule has 0 radical (unpaired) electrons. The van der Waals surface area contributed by atoms with Crippen LogP contribution in [0.1, 0.15) is 72.6 Å². The molecule has 0 aromatic rings. The fourth-order valence-electron chi connectivity index (χ4n) is 1.81. The van der Waals surface area contributed by atoms with Crippen molar-refractivity contribution in [1.29, 1.82) is 0 Å². The third-order valence-corrected chi connectivity index (χ3v) is 3.33. The SMILES string of the molecule is CCC(C)CCCNC(=O)CCCCC(C)C. The van der Waals surface area contributed by atoms with Gasteiger partial charge in [-0.05, 0) is 31.1 Å². The average molecular weight is 241 g/mol. The number of carbonyl (C=O) groups excluding carboxylic acids is 1. The minimum Gasteiger partial charge on any atom is -0.356 e. The van der Waals surface area contributed by atoms with E-state index < -0.39 is 0 Å². The number of unbranched alkanes of at least 4 members (excludes halogenated alkanes) is 1. The van der Waals surface area contributed by atoms with E-state index in [2.05, 4.69) is 33.0 Å². The van der Waals surface area contributed by atoms with Gasteiger partial charge in [-0.25, -0.2) is 0 Å². The van der Waals surface area contributed by atoms with E-state index in [9.17, 15) is 4.79 Å². The molecule has 0 saturated heterocycles. The summed E-state index contributed by atoms with van der Waals surface area (Å²) in [6.45, 7) is 9.81. The second kappa shape index (κ2) is 10.6. The Morgan fingerprint density at radius 2 is 1.76 bits per heavy atom. The molecule has 0 spiro atoms. The largest absolute Gasteiger partial charge is 0.356 e. The summed E-state index contributed by atoms with van der Waals surface area (Å²) < 4.78 is 0. The summed E-state index contributed by atoms with van der Waals surface area (Å²) in [7, 11) is 0. The molecule has 2 nitrogen and oxygen atoms in total. The molecule has 0 aromatic heterocycles.